The van der Waals surface area contributed by atoms with E-state index in [2.05, 4.69) is 9.47 Å². The minimum atomic E-state index is -1.06. The summed E-state index contributed by atoms with van der Waals surface area (Å²) in [5.74, 6) is -3.52. The van der Waals surface area contributed by atoms with Crippen molar-refractivity contribution in [1.82, 2.24) is 0 Å². The molecule has 108 valence electrons. The van der Waals surface area contributed by atoms with Gasteiger partial charge in [-0.1, -0.05) is 0 Å². The summed E-state index contributed by atoms with van der Waals surface area (Å²) in [6.07, 6.45) is 0.802. The lowest BCUT2D eigenvalue weighted by Gasteiger charge is -2.12. The average molecular weight is 274 g/mol. The van der Waals surface area contributed by atoms with Crippen LogP contribution in [-0.2, 0) is 33.4 Å². The molecule has 0 saturated heterocycles. The van der Waals surface area contributed by atoms with Gasteiger partial charge >= 0.3 is 11.9 Å². The van der Waals surface area contributed by atoms with Gasteiger partial charge in [0, 0.05) is 0 Å². The first-order chi connectivity index (χ1) is 9.10. The second kappa shape index (κ2) is 10.2. The van der Waals surface area contributed by atoms with Crippen molar-refractivity contribution >= 4 is 24.5 Å². The molecule has 0 heterocycles. The van der Waals surface area contributed by atoms with Crippen molar-refractivity contribution in [1.29, 1.82) is 0 Å². The highest BCUT2D eigenvalue weighted by atomic mass is 16.5. The Morgan fingerprint density at radius 3 is 1.53 bits per heavy atom. The number of hydrogen-bond donors (Lipinski definition) is 0. The maximum atomic E-state index is 11.3. The van der Waals surface area contributed by atoms with Gasteiger partial charge in [0.15, 0.2) is 0 Å². The Balaban J connectivity index is 4.16. The molecule has 0 rings (SSSR count). The fourth-order valence-electron chi connectivity index (χ4n) is 1.15. The largest absolute Gasteiger partial charge is 0.465 e. The molecule has 0 aliphatic rings. The maximum absolute atomic E-state index is 11.3. The Labute approximate surface area is 111 Å². The third kappa shape index (κ3) is 6.66. The number of carbonyl (C=O) groups is 4. The van der Waals surface area contributed by atoms with Gasteiger partial charge < -0.3 is 23.8 Å². The molecule has 0 amide bonds. The summed E-state index contributed by atoms with van der Waals surface area (Å²) in [4.78, 5) is 43.8. The molecule has 19 heavy (non-hydrogen) atoms. The quantitative estimate of drug-likeness (QED) is 0.308. The van der Waals surface area contributed by atoms with Crippen molar-refractivity contribution in [2.45, 2.75) is 13.8 Å². The molecule has 0 aliphatic carbocycles. The minimum absolute atomic E-state index is 0.156. The number of carbonyl (C=O) groups excluding carboxylic acids is 4. The van der Waals surface area contributed by atoms with Gasteiger partial charge in [-0.2, -0.15) is 0 Å². The van der Waals surface area contributed by atoms with E-state index in [0.29, 0.717) is 12.6 Å². The van der Waals surface area contributed by atoms with Crippen LogP contribution in [0.15, 0.2) is 0 Å². The summed E-state index contributed by atoms with van der Waals surface area (Å²) in [5, 5.41) is 0. The Kier molecular flexibility index (Phi) is 9.25. The van der Waals surface area contributed by atoms with E-state index in [9.17, 15) is 19.2 Å². The van der Waals surface area contributed by atoms with E-state index < -0.39 is 23.8 Å². The number of ether oxygens (including phenoxy) is 3. The average Bonchev–Trinajstić information content (AvgIpc) is 2.39. The topological polar surface area (TPSA) is 96.0 Å². The Bertz CT molecular complexity index is 283. The van der Waals surface area contributed by atoms with Crippen molar-refractivity contribution in [3.63, 3.8) is 0 Å². The highest BCUT2D eigenvalue weighted by Crippen LogP contribution is 2.02. The third-order valence-electron chi connectivity index (χ3n) is 2.10. The van der Waals surface area contributed by atoms with Gasteiger partial charge in [-0.05, 0) is 13.8 Å². The molecule has 0 spiro atoms. The van der Waals surface area contributed by atoms with Gasteiger partial charge in [-0.15, -0.1) is 0 Å². The summed E-state index contributed by atoms with van der Waals surface area (Å²) < 4.78 is 14.3. The number of hydrogen-bond acceptors (Lipinski definition) is 7. The summed E-state index contributed by atoms with van der Waals surface area (Å²) in [7, 11) is 0. The van der Waals surface area contributed by atoms with Crippen LogP contribution in [-0.4, -0.2) is 50.9 Å². The zero-order chi connectivity index (χ0) is 14.7. The fraction of sp³-hybridized carbons (Fsp3) is 0.667. The van der Waals surface area contributed by atoms with Gasteiger partial charge in [0.05, 0.1) is 26.4 Å². The summed E-state index contributed by atoms with van der Waals surface area (Å²) in [6, 6.07) is 0. The number of aldehydes is 2. The molecule has 0 radical (unpaired) electrons. The normalized spacial score (nSPS) is 13.2. The van der Waals surface area contributed by atoms with E-state index in [-0.39, 0.29) is 26.4 Å². The standard InChI is InChI=1S/C12H18O7/c1-3-18-11(15)9(5-13)7-17-8-10(6-14)12(16)19-4-2/h5-6,9-10H,3-4,7-8H2,1-2H3. The van der Waals surface area contributed by atoms with Crippen LogP contribution in [0.25, 0.3) is 0 Å². The lowest BCUT2D eigenvalue weighted by atomic mass is 10.2. The molecule has 7 nitrogen and oxygen atoms in total. The Hall–Kier alpha value is -1.76. The molecule has 2 unspecified atom stereocenters. The van der Waals surface area contributed by atoms with Crippen LogP contribution in [0.1, 0.15) is 13.8 Å². The highest BCUT2D eigenvalue weighted by Gasteiger charge is 2.23. The first-order valence-electron chi connectivity index (χ1n) is 5.92. The van der Waals surface area contributed by atoms with E-state index >= 15 is 0 Å². The molecular formula is C12H18O7. The van der Waals surface area contributed by atoms with E-state index in [4.69, 9.17) is 4.74 Å². The minimum Gasteiger partial charge on any atom is -0.465 e. The molecule has 0 fully saturated rings. The van der Waals surface area contributed by atoms with Crippen LogP contribution in [0, 0.1) is 11.8 Å². The van der Waals surface area contributed by atoms with E-state index in [1.165, 1.54) is 0 Å². The van der Waals surface area contributed by atoms with Gasteiger partial charge in [0.2, 0.25) is 0 Å². The van der Waals surface area contributed by atoms with Crippen LogP contribution in [0.4, 0.5) is 0 Å². The second-order valence-electron chi connectivity index (χ2n) is 3.53. The number of esters is 2. The first kappa shape index (κ1) is 17.2. The van der Waals surface area contributed by atoms with Crippen LogP contribution in [0.5, 0.6) is 0 Å². The van der Waals surface area contributed by atoms with Gasteiger partial charge in [0.25, 0.3) is 0 Å². The zero-order valence-corrected chi connectivity index (χ0v) is 11.0. The molecule has 0 aromatic carbocycles. The molecule has 7 heteroatoms. The summed E-state index contributed by atoms with van der Waals surface area (Å²) in [5.41, 5.74) is 0. The fourth-order valence-corrected chi connectivity index (χ4v) is 1.15. The molecular weight excluding hydrogens is 256 g/mol. The zero-order valence-electron chi connectivity index (χ0n) is 11.0. The smallest absolute Gasteiger partial charge is 0.318 e. The highest BCUT2D eigenvalue weighted by molar-refractivity contribution is 5.88. The maximum Gasteiger partial charge on any atom is 0.318 e. The van der Waals surface area contributed by atoms with Crippen molar-refractivity contribution in [3.8, 4) is 0 Å². The lowest BCUT2D eigenvalue weighted by molar-refractivity contribution is -0.153. The first-order valence-corrected chi connectivity index (χ1v) is 5.92. The SMILES string of the molecule is CCOC(=O)C(C=O)COCC(C=O)C(=O)OCC. The Morgan fingerprint density at radius 2 is 1.26 bits per heavy atom. The van der Waals surface area contributed by atoms with Crippen molar-refractivity contribution < 1.29 is 33.4 Å². The van der Waals surface area contributed by atoms with E-state index in [1.54, 1.807) is 13.8 Å². The molecule has 0 saturated carbocycles. The van der Waals surface area contributed by atoms with Crippen molar-refractivity contribution in [3.05, 3.63) is 0 Å². The van der Waals surface area contributed by atoms with Crippen LogP contribution in [0.2, 0.25) is 0 Å². The molecule has 0 aromatic rings. The molecule has 0 aliphatic heterocycles. The summed E-state index contributed by atoms with van der Waals surface area (Å²) >= 11 is 0. The summed E-state index contributed by atoms with van der Waals surface area (Å²) in [6.45, 7) is 3.05. The van der Waals surface area contributed by atoms with Crippen LogP contribution in [0.3, 0.4) is 0 Å². The predicted octanol–water partition coefficient (Wildman–Crippen LogP) is -0.241. The predicted molar refractivity (Wildman–Crippen MR) is 63.2 cm³/mol. The Morgan fingerprint density at radius 1 is 0.895 bits per heavy atom. The van der Waals surface area contributed by atoms with E-state index in [1.807, 2.05) is 0 Å². The second-order valence-corrected chi connectivity index (χ2v) is 3.53. The van der Waals surface area contributed by atoms with Gasteiger partial charge in [-0.25, -0.2) is 0 Å². The monoisotopic (exact) mass is 274 g/mol. The van der Waals surface area contributed by atoms with Gasteiger partial charge in [0.1, 0.15) is 24.4 Å². The third-order valence-corrected chi connectivity index (χ3v) is 2.10. The molecule has 0 N–H and O–H groups in total. The van der Waals surface area contributed by atoms with Gasteiger partial charge in [-0.3, -0.25) is 9.59 Å². The number of rotatable bonds is 10. The molecule has 0 aromatic heterocycles. The van der Waals surface area contributed by atoms with E-state index in [0.717, 1.165) is 0 Å². The molecule has 2 atom stereocenters. The van der Waals surface area contributed by atoms with Crippen molar-refractivity contribution in [2.24, 2.45) is 11.8 Å². The van der Waals surface area contributed by atoms with Crippen molar-refractivity contribution in [2.75, 3.05) is 26.4 Å². The molecule has 0 bridgehead atoms. The lowest BCUT2D eigenvalue weighted by Crippen LogP contribution is -2.28. The van der Waals surface area contributed by atoms with Crippen LogP contribution < -0.4 is 0 Å². The van der Waals surface area contributed by atoms with Crippen LogP contribution >= 0.6 is 0 Å².